The highest BCUT2D eigenvalue weighted by Crippen LogP contribution is 2.06. The number of nitrogens with one attached hydrogen (secondary N) is 3. The summed E-state index contributed by atoms with van der Waals surface area (Å²) in [6, 6.07) is -1.08. The Morgan fingerprint density at radius 3 is 2.54 bits per heavy atom. The zero-order valence-electron chi connectivity index (χ0n) is 14.8. The fraction of sp³-hybridized carbons (Fsp3) is 0.688. The Morgan fingerprint density at radius 2 is 2.00 bits per heavy atom. The van der Waals surface area contributed by atoms with E-state index in [4.69, 9.17) is 5.73 Å². The van der Waals surface area contributed by atoms with Gasteiger partial charge in [-0.05, 0) is 19.8 Å². The molecule has 0 unspecified atom stereocenters. The van der Waals surface area contributed by atoms with Gasteiger partial charge in [0.2, 0.25) is 11.8 Å². The minimum absolute atomic E-state index is 0.0138. The summed E-state index contributed by atoms with van der Waals surface area (Å²) in [5.74, 6) is -0.352. The number of likely N-dealkylation sites (N-methyl/N-ethyl adjacent to an activating group) is 1. The lowest BCUT2D eigenvalue weighted by Crippen LogP contribution is -2.55. The first kappa shape index (κ1) is 20.5. The molecule has 136 valence electrons. The van der Waals surface area contributed by atoms with Crippen LogP contribution in [0.5, 0.6) is 0 Å². The van der Waals surface area contributed by atoms with Gasteiger partial charge in [-0.1, -0.05) is 13.8 Å². The molecule has 7 nitrogen and oxygen atoms in total. The quantitative estimate of drug-likeness (QED) is 0.482. The molecule has 1 aromatic rings. The van der Waals surface area contributed by atoms with Crippen molar-refractivity contribution in [2.24, 2.45) is 11.7 Å². The molecule has 0 saturated heterocycles. The lowest BCUT2D eigenvalue weighted by atomic mass is 10.0. The smallest absolute Gasteiger partial charge is 0.242 e. The number of hydrogen-bond acceptors (Lipinski definition) is 6. The first-order valence-electron chi connectivity index (χ1n) is 8.30. The summed E-state index contributed by atoms with van der Waals surface area (Å²) in [5, 5.41) is 11.6. The lowest BCUT2D eigenvalue weighted by molar-refractivity contribution is -0.130. The normalized spacial score (nSPS) is 14.9. The minimum atomic E-state index is -0.536. The summed E-state index contributed by atoms with van der Waals surface area (Å²) in [6.45, 7) is 8.47. The van der Waals surface area contributed by atoms with Gasteiger partial charge in [-0.2, -0.15) is 0 Å². The number of rotatable bonds is 10. The Kier molecular flexibility index (Phi) is 8.88. The minimum Gasteiger partial charge on any atom is -0.355 e. The predicted molar refractivity (Wildman–Crippen MR) is 96.7 cm³/mol. The Hall–Kier alpha value is -1.51. The zero-order chi connectivity index (χ0) is 18.1. The van der Waals surface area contributed by atoms with Crippen LogP contribution in [0.1, 0.15) is 32.7 Å². The second-order valence-corrected chi connectivity index (χ2v) is 7.12. The Labute approximate surface area is 147 Å². The third-order valence-corrected chi connectivity index (χ3v) is 4.40. The number of thiazole rings is 1. The van der Waals surface area contributed by atoms with E-state index >= 15 is 0 Å². The van der Waals surface area contributed by atoms with Gasteiger partial charge in [0.25, 0.3) is 0 Å². The maximum absolute atomic E-state index is 12.3. The van der Waals surface area contributed by atoms with Crippen LogP contribution in [0.4, 0.5) is 0 Å². The van der Waals surface area contributed by atoms with Gasteiger partial charge in [-0.15, -0.1) is 11.3 Å². The van der Waals surface area contributed by atoms with Crippen LogP contribution in [-0.2, 0) is 16.0 Å². The predicted octanol–water partition coefficient (Wildman–Crippen LogP) is 0.268. The van der Waals surface area contributed by atoms with Crippen molar-refractivity contribution in [1.29, 1.82) is 0 Å². The molecule has 0 aromatic carbocycles. The largest absolute Gasteiger partial charge is 0.355 e. The van der Waals surface area contributed by atoms with Crippen molar-refractivity contribution in [3.8, 4) is 0 Å². The SMILES string of the molecule is CCNC(=O)[C@@H](NC(=O)[C@H](C)NC[C@@H](N)Cc1nccs1)C(C)C. The van der Waals surface area contributed by atoms with E-state index in [1.807, 2.05) is 26.2 Å². The van der Waals surface area contributed by atoms with Crippen LogP contribution in [-0.4, -0.2) is 48.0 Å². The van der Waals surface area contributed by atoms with E-state index in [-0.39, 0.29) is 23.8 Å². The van der Waals surface area contributed by atoms with E-state index in [1.165, 1.54) is 0 Å². The van der Waals surface area contributed by atoms with Gasteiger partial charge in [0.05, 0.1) is 11.0 Å². The lowest BCUT2D eigenvalue weighted by Gasteiger charge is -2.24. The van der Waals surface area contributed by atoms with E-state index in [1.54, 1.807) is 24.5 Å². The Bertz CT molecular complexity index is 507. The van der Waals surface area contributed by atoms with E-state index < -0.39 is 12.1 Å². The zero-order valence-corrected chi connectivity index (χ0v) is 15.7. The molecule has 0 aliphatic rings. The van der Waals surface area contributed by atoms with Gasteiger partial charge in [0, 0.05) is 37.1 Å². The van der Waals surface area contributed by atoms with E-state index in [0.717, 1.165) is 5.01 Å². The highest BCUT2D eigenvalue weighted by Gasteiger charge is 2.25. The number of carbonyl (C=O) groups excluding carboxylic acids is 2. The van der Waals surface area contributed by atoms with Crippen molar-refractivity contribution in [3.05, 3.63) is 16.6 Å². The van der Waals surface area contributed by atoms with E-state index in [9.17, 15) is 9.59 Å². The highest BCUT2D eigenvalue weighted by molar-refractivity contribution is 7.09. The van der Waals surface area contributed by atoms with Crippen molar-refractivity contribution in [2.45, 2.75) is 52.2 Å². The van der Waals surface area contributed by atoms with Crippen LogP contribution < -0.4 is 21.7 Å². The van der Waals surface area contributed by atoms with Crippen molar-refractivity contribution < 1.29 is 9.59 Å². The van der Waals surface area contributed by atoms with Crippen LogP contribution >= 0.6 is 11.3 Å². The molecule has 0 spiro atoms. The van der Waals surface area contributed by atoms with E-state index in [0.29, 0.717) is 19.5 Å². The van der Waals surface area contributed by atoms with Crippen LogP contribution in [0.15, 0.2) is 11.6 Å². The van der Waals surface area contributed by atoms with Gasteiger partial charge < -0.3 is 21.7 Å². The molecule has 0 bridgehead atoms. The number of carbonyl (C=O) groups is 2. The van der Waals surface area contributed by atoms with Crippen molar-refractivity contribution in [3.63, 3.8) is 0 Å². The molecule has 0 aliphatic heterocycles. The molecule has 3 atom stereocenters. The topological polar surface area (TPSA) is 109 Å². The van der Waals surface area contributed by atoms with Crippen LogP contribution in [0.2, 0.25) is 0 Å². The standard InChI is InChI=1S/C16H29N5O2S/c1-5-18-16(23)14(10(2)3)21-15(22)11(4)20-9-12(17)8-13-19-6-7-24-13/h6-7,10-12,14,20H,5,8-9,17H2,1-4H3,(H,18,23)(H,21,22)/t11-,12-,14-/m0/s1. The van der Waals surface area contributed by atoms with Crippen molar-refractivity contribution in [1.82, 2.24) is 20.9 Å². The van der Waals surface area contributed by atoms with Gasteiger partial charge in [-0.3, -0.25) is 9.59 Å². The van der Waals surface area contributed by atoms with E-state index in [2.05, 4.69) is 20.9 Å². The first-order chi connectivity index (χ1) is 11.3. The molecule has 1 rings (SSSR count). The molecule has 1 aromatic heterocycles. The fourth-order valence-electron chi connectivity index (χ4n) is 2.17. The van der Waals surface area contributed by atoms with Gasteiger partial charge in [0.15, 0.2) is 0 Å². The molecule has 0 saturated carbocycles. The fourth-order valence-corrected chi connectivity index (χ4v) is 2.88. The maximum atomic E-state index is 12.3. The average Bonchev–Trinajstić information content (AvgIpc) is 3.02. The number of aromatic nitrogens is 1. The second kappa shape index (κ2) is 10.4. The monoisotopic (exact) mass is 355 g/mol. The van der Waals surface area contributed by atoms with Gasteiger partial charge in [-0.25, -0.2) is 4.98 Å². The average molecular weight is 356 g/mol. The van der Waals surface area contributed by atoms with Crippen LogP contribution in [0.3, 0.4) is 0 Å². The maximum Gasteiger partial charge on any atom is 0.242 e. The molecular weight excluding hydrogens is 326 g/mol. The summed E-state index contributed by atoms with van der Waals surface area (Å²) in [5.41, 5.74) is 6.06. The summed E-state index contributed by atoms with van der Waals surface area (Å²) < 4.78 is 0. The van der Waals surface area contributed by atoms with Crippen molar-refractivity contribution in [2.75, 3.05) is 13.1 Å². The summed E-state index contributed by atoms with van der Waals surface area (Å²) >= 11 is 1.57. The van der Waals surface area contributed by atoms with Crippen LogP contribution in [0.25, 0.3) is 0 Å². The number of hydrogen-bond donors (Lipinski definition) is 4. The first-order valence-corrected chi connectivity index (χ1v) is 9.18. The Morgan fingerprint density at radius 1 is 1.29 bits per heavy atom. The molecule has 24 heavy (non-hydrogen) atoms. The molecule has 0 aliphatic carbocycles. The third-order valence-electron chi connectivity index (χ3n) is 3.60. The summed E-state index contributed by atoms with van der Waals surface area (Å²) in [7, 11) is 0. The van der Waals surface area contributed by atoms with Gasteiger partial charge >= 0.3 is 0 Å². The number of nitrogens with two attached hydrogens (primary N) is 1. The molecule has 2 amide bonds. The van der Waals surface area contributed by atoms with Gasteiger partial charge in [0.1, 0.15) is 6.04 Å². The molecule has 5 N–H and O–H groups in total. The van der Waals surface area contributed by atoms with Crippen molar-refractivity contribution >= 4 is 23.2 Å². The molecule has 0 fully saturated rings. The Balaban J connectivity index is 2.43. The molecule has 8 heteroatoms. The molecule has 0 radical (unpaired) electrons. The molecule has 1 heterocycles. The summed E-state index contributed by atoms with van der Waals surface area (Å²) in [6.07, 6.45) is 2.43. The summed E-state index contributed by atoms with van der Waals surface area (Å²) in [4.78, 5) is 28.5. The third kappa shape index (κ3) is 6.94. The second-order valence-electron chi connectivity index (χ2n) is 6.14. The number of nitrogens with zero attached hydrogens (tertiary/aromatic N) is 1. The highest BCUT2D eigenvalue weighted by atomic mass is 32.1. The number of amides is 2. The van der Waals surface area contributed by atoms with Crippen LogP contribution in [0, 0.1) is 5.92 Å². The molecular formula is C16H29N5O2S.